The molecule has 0 atom stereocenters. The van der Waals surface area contributed by atoms with Crippen LogP contribution in [0.2, 0.25) is 0 Å². The lowest BCUT2D eigenvalue weighted by Gasteiger charge is -2.06. The van der Waals surface area contributed by atoms with E-state index in [9.17, 15) is 12.8 Å². The molecular weight excluding hydrogens is 341 g/mol. The number of hydrogen-bond acceptors (Lipinski definition) is 3. The van der Waals surface area contributed by atoms with Gasteiger partial charge in [0.15, 0.2) is 0 Å². The first-order valence-electron chi connectivity index (χ1n) is 4.97. The Morgan fingerprint density at radius 1 is 1.28 bits per heavy atom. The summed E-state index contributed by atoms with van der Waals surface area (Å²) in [6, 6.07) is 7.71. The third kappa shape index (κ3) is 2.97. The highest BCUT2D eigenvalue weighted by Crippen LogP contribution is 2.27. The molecule has 1 aromatic heterocycles. The van der Waals surface area contributed by atoms with E-state index in [0.29, 0.717) is 10.0 Å². The molecule has 1 N–H and O–H groups in total. The second-order valence-electron chi connectivity index (χ2n) is 3.47. The molecule has 1 aromatic carbocycles. The molecule has 0 fully saturated rings. The van der Waals surface area contributed by atoms with E-state index in [4.69, 9.17) is 0 Å². The van der Waals surface area contributed by atoms with E-state index in [1.165, 1.54) is 6.07 Å². The Morgan fingerprint density at radius 3 is 2.61 bits per heavy atom. The van der Waals surface area contributed by atoms with Crippen molar-refractivity contribution in [2.24, 2.45) is 0 Å². The van der Waals surface area contributed by atoms with Crippen LogP contribution in [0, 0.1) is 5.82 Å². The number of sulfonamides is 1. The SMILES string of the molecule is O=S(=O)(NCc1ccccc1F)c1sccc1Br. The predicted molar refractivity (Wildman–Crippen MR) is 72.4 cm³/mol. The van der Waals surface area contributed by atoms with E-state index in [2.05, 4.69) is 20.7 Å². The van der Waals surface area contributed by atoms with E-state index in [1.54, 1.807) is 29.6 Å². The van der Waals surface area contributed by atoms with E-state index < -0.39 is 15.8 Å². The van der Waals surface area contributed by atoms with Crippen molar-refractivity contribution in [1.29, 1.82) is 0 Å². The van der Waals surface area contributed by atoms with Crippen molar-refractivity contribution in [3.8, 4) is 0 Å². The average molecular weight is 350 g/mol. The zero-order valence-electron chi connectivity index (χ0n) is 9.06. The summed E-state index contributed by atoms with van der Waals surface area (Å²) < 4.78 is 40.3. The van der Waals surface area contributed by atoms with Crippen LogP contribution in [0.4, 0.5) is 4.39 Å². The van der Waals surface area contributed by atoms with E-state index in [1.807, 2.05) is 0 Å². The molecule has 0 amide bonds. The standard InChI is InChI=1S/C11H9BrFNO2S2/c12-9-5-6-17-11(9)18(15,16)14-7-8-3-1-2-4-10(8)13/h1-6,14H,7H2. The monoisotopic (exact) mass is 349 g/mol. The lowest BCUT2D eigenvalue weighted by molar-refractivity contribution is 0.576. The molecule has 0 spiro atoms. The van der Waals surface area contributed by atoms with Crippen molar-refractivity contribution in [2.75, 3.05) is 0 Å². The van der Waals surface area contributed by atoms with Gasteiger partial charge < -0.3 is 0 Å². The summed E-state index contributed by atoms with van der Waals surface area (Å²) in [6.07, 6.45) is 0. The number of nitrogens with one attached hydrogen (secondary N) is 1. The summed E-state index contributed by atoms with van der Waals surface area (Å²) in [6.45, 7) is -0.0701. The molecule has 0 saturated heterocycles. The highest BCUT2D eigenvalue weighted by molar-refractivity contribution is 9.10. The first kappa shape index (κ1) is 13.7. The minimum absolute atomic E-state index is 0.0701. The largest absolute Gasteiger partial charge is 0.251 e. The summed E-state index contributed by atoms with van der Waals surface area (Å²) in [4.78, 5) is 0. The maximum Gasteiger partial charge on any atom is 0.251 e. The quantitative estimate of drug-likeness (QED) is 0.921. The van der Waals surface area contributed by atoms with Gasteiger partial charge >= 0.3 is 0 Å². The van der Waals surface area contributed by atoms with Crippen LogP contribution in [-0.2, 0) is 16.6 Å². The van der Waals surface area contributed by atoms with Crippen LogP contribution >= 0.6 is 27.3 Å². The van der Waals surface area contributed by atoms with Gasteiger partial charge in [-0.3, -0.25) is 0 Å². The average Bonchev–Trinajstić information content (AvgIpc) is 2.75. The van der Waals surface area contributed by atoms with Crippen molar-refractivity contribution < 1.29 is 12.8 Å². The molecule has 7 heteroatoms. The van der Waals surface area contributed by atoms with Crippen LogP contribution in [0.5, 0.6) is 0 Å². The number of halogens is 2. The van der Waals surface area contributed by atoms with Gasteiger partial charge in [-0.15, -0.1) is 11.3 Å². The summed E-state index contributed by atoms with van der Waals surface area (Å²) in [5.41, 5.74) is 0.314. The third-order valence-electron chi connectivity index (χ3n) is 2.24. The minimum Gasteiger partial charge on any atom is -0.207 e. The molecule has 0 unspecified atom stereocenters. The second-order valence-corrected chi connectivity index (χ2v) is 7.20. The Hall–Kier alpha value is -0.760. The van der Waals surface area contributed by atoms with Gasteiger partial charge in [0.2, 0.25) is 0 Å². The van der Waals surface area contributed by atoms with Crippen LogP contribution in [0.15, 0.2) is 44.4 Å². The van der Waals surface area contributed by atoms with Crippen molar-refractivity contribution >= 4 is 37.3 Å². The highest BCUT2D eigenvalue weighted by atomic mass is 79.9. The van der Waals surface area contributed by atoms with E-state index >= 15 is 0 Å². The fourth-order valence-electron chi connectivity index (χ4n) is 1.35. The molecule has 18 heavy (non-hydrogen) atoms. The van der Waals surface area contributed by atoms with Gasteiger partial charge in [-0.2, -0.15) is 0 Å². The molecule has 0 radical (unpaired) electrons. The molecule has 1 heterocycles. The molecule has 0 aliphatic rings. The molecule has 96 valence electrons. The minimum atomic E-state index is -3.61. The van der Waals surface area contributed by atoms with Gasteiger partial charge in [0.05, 0.1) is 0 Å². The zero-order valence-corrected chi connectivity index (χ0v) is 12.3. The Labute approximate surface area is 117 Å². The number of benzene rings is 1. The normalized spacial score (nSPS) is 11.7. The van der Waals surface area contributed by atoms with E-state index in [0.717, 1.165) is 11.3 Å². The summed E-state index contributed by atoms with van der Waals surface area (Å²) in [7, 11) is -3.61. The summed E-state index contributed by atoms with van der Waals surface area (Å²) in [5.74, 6) is -0.426. The molecule has 0 saturated carbocycles. The Morgan fingerprint density at radius 2 is 2.00 bits per heavy atom. The first-order valence-corrected chi connectivity index (χ1v) is 8.12. The maximum atomic E-state index is 13.3. The number of thiophene rings is 1. The first-order chi connectivity index (χ1) is 8.50. The third-order valence-corrected chi connectivity index (χ3v) is 6.31. The lowest BCUT2D eigenvalue weighted by Crippen LogP contribution is -2.23. The molecule has 0 aliphatic carbocycles. The van der Waals surface area contributed by atoms with Crippen LogP contribution < -0.4 is 4.72 Å². The summed E-state index contributed by atoms with van der Waals surface area (Å²) >= 11 is 4.26. The Balaban J connectivity index is 2.16. The molecule has 0 aliphatic heterocycles. The fraction of sp³-hybridized carbons (Fsp3) is 0.0909. The van der Waals surface area contributed by atoms with Gasteiger partial charge in [0.25, 0.3) is 10.0 Å². The summed E-state index contributed by atoms with van der Waals surface area (Å²) in [5, 5.41) is 1.67. The van der Waals surface area contributed by atoms with Crippen LogP contribution in [0.1, 0.15) is 5.56 Å². The number of rotatable bonds is 4. The molecular formula is C11H9BrFNO2S2. The van der Waals surface area contributed by atoms with Crippen molar-refractivity contribution in [2.45, 2.75) is 10.8 Å². The maximum absolute atomic E-state index is 13.3. The van der Waals surface area contributed by atoms with E-state index in [-0.39, 0.29) is 10.8 Å². The molecule has 2 aromatic rings. The number of hydrogen-bond donors (Lipinski definition) is 1. The van der Waals surface area contributed by atoms with Gasteiger partial charge in [-0.25, -0.2) is 17.5 Å². The molecule has 3 nitrogen and oxygen atoms in total. The topological polar surface area (TPSA) is 46.2 Å². The predicted octanol–water partition coefficient (Wildman–Crippen LogP) is 3.13. The van der Waals surface area contributed by atoms with Crippen LogP contribution in [0.25, 0.3) is 0 Å². The molecule has 0 bridgehead atoms. The van der Waals surface area contributed by atoms with Crippen LogP contribution in [0.3, 0.4) is 0 Å². The van der Waals surface area contributed by atoms with Crippen molar-refractivity contribution in [3.05, 3.63) is 51.6 Å². The molecule has 2 rings (SSSR count). The van der Waals surface area contributed by atoms with Gasteiger partial charge in [0.1, 0.15) is 10.0 Å². The van der Waals surface area contributed by atoms with Gasteiger partial charge in [0, 0.05) is 16.6 Å². The van der Waals surface area contributed by atoms with Gasteiger partial charge in [-0.05, 0) is 33.4 Å². The van der Waals surface area contributed by atoms with Crippen LogP contribution in [-0.4, -0.2) is 8.42 Å². The van der Waals surface area contributed by atoms with Gasteiger partial charge in [-0.1, -0.05) is 18.2 Å². The zero-order chi connectivity index (χ0) is 13.2. The fourth-order valence-corrected chi connectivity index (χ4v) is 4.74. The lowest BCUT2D eigenvalue weighted by atomic mass is 10.2. The Bertz CT molecular complexity index is 655. The second kappa shape index (κ2) is 5.48. The van der Waals surface area contributed by atoms with Crippen molar-refractivity contribution in [1.82, 2.24) is 4.72 Å². The highest BCUT2D eigenvalue weighted by Gasteiger charge is 2.19. The van der Waals surface area contributed by atoms with Crippen molar-refractivity contribution in [3.63, 3.8) is 0 Å². The Kier molecular flexibility index (Phi) is 4.16. The smallest absolute Gasteiger partial charge is 0.207 e.